The summed E-state index contributed by atoms with van der Waals surface area (Å²) in [6, 6.07) is 0. The lowest BCUT2D eigenvalue weighted by molar-refractivity contribution is -0.148. The first-order valence-corrected chi connectivity index (χ1v) is 4.09. The van der Waals surface area contributed by atoms with Crippen molar-refractivity contribution >= 4 is 17.7 Å². The van der Waals surface area contributed by atoms with Crippen LogP contribution in [0.3, 0.4) is 0 Å². The number of rotatable bonds is 7. The highest BCUT2D eigenvalue weighted by Gasteiger charge is 2.06. The molecule has 14 heavy (non-hydrogen) atoms. The first kappa shape index (κ1) is 12.3. The van der Waals surface area contributed by atoms with Crippen molar-refractivity contribution in [1.82, 2.24) is 0 Å². The Kier molecular flexibility index (Phi) is 6.02. The van der Waals surface area contributed by atoms with Gasteiger partial charge in [0.05, 0.1) is 19.4 Å². The average Bonchev–Trinajstić information content (AvgIpc) is 2.14. The van der Waals surface area contributed by atoms with E-state index in [0.29, 0.717) is 0 Å². The van der Waals surface area contributed by atoms with E-state index in [1.807, 2.05) is 0 Å². The quantitative estimate of drug-likeness (QED) is 0.479. The van der Waals surface area contributed by atoms with Crippen LogP contribution in [0.1, 0.15) is 19.3 Å². The van der Waals surface area contributed by atoms with E-state index in [9.17, 15) is 14.4 Å². The standard InChI is InChI=1S/C9H12O5/c1-2-7(10)5-6-14-9(13)4-3-8(11)12/h2H,1,3-6H2,(H,11,12). The van der Waals surface area contributed by atoms with Crippen molar-refractivity contribution in [2.24, 2.45) is 0 Å². The van der Waals surface area contributed by atoms with Crippen LogP contribution in [0.25, 0.3) is 0 Å². The highest BCUT2D eigenvalue weighted by molar-refractivity contribution is 5.89. The average molecular weight is 200 g/mol. The highest BCUT2D eigenvalue weighted by Crippen LogP contribution is 1.94. The van der Waals surface area contributed by atoms with E-state index in [0.717, 1.165) is 6.08 Å². The molecule has 0 aromatic carbocycles. The second-order valence-corrected chi connectivity index (χ2v) is 2.53. The van der Waals surface area contributed by atoms with Gasteiger partial charge in [0.1, 0.15) is 0 Å². The predicted octanol–water partition coefficient (Wildman–Crippen LogP) is 0.540. The zero-order chi connectivity index (χ0) is 11.0. The smallest absolute Gasteiger partial charge is 0.306 e. The van der Waals surface area contributed by atoms with Crippen molar-refractivity contribution < 1.29 is 24.2 Å². The molecule has 0 fully saturated rings. The van der Waals surface area contributed by atoms with E-state index in [1.54, 1.807) is 0 Å². The van der Waals surface area contributed by atoms with Gasteiger partial charge in [-0.2, -0.15) is 0 Å². The molecular weight excluding hydrogens is 188 g/mol. The third-order valence-corrected chi connectivity index (χ3v) is 1.38. The molecule has 5 nitrogen and oxygen atoms in total. The number of hydrogen-bond acceptors (Lipinski definition) is 4. The fraction of sp³-hybridized carbons (Fsp3) is 0.444. The topological polar surface area (TPSA) is 80.7 Å². The third-order valence-electron chi connectivity index (χ3n) is 1.38. The van der Waals surface area contributed by atoms with Crippen molar-refractivity contribution in [2.45, 2.75) is 19.3 Å². The van der Waals surface area contributed by atoms with Gasteiger partial charge in [-0.3, -0.25) is 14.4 Å². The van der Waals surface area contributed by atoms with E-state index in [1.165, 1.54) is 0 Å². The second kappa shape index (κ2) is 6.82. The lowest BCUT2D eigenvalue weighted by Crippen LogP contribution is -2.10. The normalized spacial score (nSPS) is 9.14. The molecule has 0 saturated carbocycles. The number of allylic oxidation sites excluding steroid dienone is 1. The summed E-state index contributed by atoms with van der Waals surface area (Å²) in [5.41, 5.74) is 0. The number of carbonyl (C=O) groups is 3. The fourth-order valence-corrected chi connectivity index (χ4v) is 0.649. The Hall–Kier alpha value is -1.65. The molecule has 0 aromatic heterocycles. The van der Waals surface area contributed by atoms with Crippen molar-refractivity contribution in [3.63, 3.8) is 0 Å². The third kappa shape index (κ3) is 7.02. The van der Waals surface area contributed by atoms with Gasteiger partial charge >= 0.3 is 11.9 Å². The maximum Gasteiger partial charge on any atom is 0.306 e. The van der Waals surface area contributed by atoms with Crippen LogP contribution in [0.15, 0.2) is 12.7 Å². The fourth-order valence-electron chi connectivity index (χ4n) is 0.649. The van der Waals surface area contributed by atoms with Gasteiger partial charge in [0.15, 0.2) is 5.78 Å². The molecule has 0 amide bonds. The molecule has 0 aliphatic heterocycles. The zero-order valence-electron chi connectivity index (χ0n) is 7.69. The lowest BCUT2D eigenvalue weighted by atomic mass is 10.3. The Bertz CT molecular complexity index is 244. The number of hydrogen-bond donors (Lipinski definition) is 1. The van der Waals surface area contributed by atoms with E-state index in [2.05, 4.69) is 11.3 Å². The van der Waals surface area contributed by atoms with Gasteiger partial charge in [0.25, 0.3) is 0 Å². The predicted molar refractivity (Wildman–Crippen MR) is 47.6 cm³/mol. The van der Waals surface area contributed by atoms with E-state index in [4.69, 9.17) is 5.11 Å². The Labute approximate surface area is 81.4 Å². The lowest BCUT2D eigenvalue weighted by Gasteiger charge is -2.01. The molecule has 5 heteroatoms. The van der Waals surface area contributed by atoms with Gasteiger partial charge in [-0.25, -0.2) is 0 Å². The monoisotopic (exact) mass is 200 g/mol. The molecule has 0 aliphatic carbocycles. The number of carboxylic acids is 1. The van der Waals surface area contributed by atoms with Gasteiger partial charge in [0, 0.05) is 6.42 Å². The number of esters is 1. The van der Waals surface area contributed by atoms with Crippen LogP contribution in [0.4, 0.5) is 0 Å². The van der Waals surface area contributed by atoms with Crippen LogP contribution >= 0.6 is 0 Å². The van der Waals surface area contributed by atoms with Crippen molar-refractivity contribution in [3.8, 4) is 0 Å². The molecule has 0 aliphatic rings. The summed E-state index contributed by atoms with van der Waals surface area (Å²) in [5, 5.41) is 8.24. The molecule has 0 unspecified atom stereocenters. The van der Waals surface area contributed by atoms with Crippen LogP contribution in [0, 0.1) is 0 Å². The summed E-state index contributed by atoms with van der Waals surface area (Å²) in [4.78, 5) is 31.5. The van der Waals surface area contributed by atoms with E-state index < -0.39 is 11.9 Å². The van der Waals surface area contributed by atoms with Crippen LogP contribution in [-0.2, 0) is 19.1 Å². The maximum absolute atomic E-state index is 10.8. The minimum Gasteiger partial charge on any atom is -0.481 e. The first-order valence-electron chi connectivity index (χ1n) is 4.09. The number of ketones is 1. The second-order valence-electron chi connectivity index (χ2n) is 2.53. The highest BCUT2D eigenvalue weighted by atomic mass is 16.5. The summed E-state index contributed by atoms with van der Waals surface area (Å²) in [6.07, 6.45) is 0.805. The molecule has 0 rings (SSSR count). The molecular formula is C9H12O5. The van der Waals surface area contributed by atoms with Crippen LogP contribution in [-0.4, -0.2) is 29.4 Å². The van der Waals surface area contributed by atoms with Crippen molar-refractivity contribution in [3.05, 3.63) is 12.7 Å². The maximum atomic E-state index is 10.8. The summed E-state index contributed by atoms with van der Waals surface area (Å²) in [7, 11) is 0. The van der Waals surface area contributed by atoms with Crippen LogP contribution < -0.4 is 0 Å². The molecule has 0 atom stereocenters. The van der Waals surface area contributed by atoms with E-state index in [-0.39, 0.29) is 31.7 Å². The summed E-state index contributed by atoms with van der Waals surface area (Å²) in [6.45, 7) is 3.23. The number of aliphatic carboxylic acids is 1. The molecule has 0 bridgehead atoms. The minimum absolute atomic E-state index is 0.0245. The Morgan fingerprint density at radius 1 is 1.21 bits per heavy atom. The Balaban J connectivity index is 3.49. The van der Waals surface area contributed by atoms with Gasteiger partial charge in [-0.05, 0) is 6.08 Å². The van der Waals surface area contributed by atoms with Crippen LogP contribution in [0.2, 0.25) is 0 Å². The van der Waals surface area contributed by atoms with E-state index >= 15 is 0 Å². The molecule has 1 N–H and O–H groups in total. The first-order chi connectivity index (χ1) is 6.56. The Morgan fingerprint density at radius 3 is 2.36 bits per heavy atom. The molecule has 0 heterocycles. The summed E-state index contributed by atoms with van der Waals surface area (Å²) < 4.78 is 4.59. The molecule has 0 saturated heterocycles. The van der Waals surface area contributed by atoms with Gasteiger partial charge in [-0.15, -0.1) is 0 Å². The van der Waals surface area contributed by atoms with Crippen molar-refractivity contribution in [2.75, 3.05) is 6.61 Å². The largest absolute Gasteiger partial charge is 0.481 e. The van der Waals surface area contributed by atoms with Gasteiger partial charge in [-0.1, -0.05) is 6.58 Å². The minimum atomic E-state index is -1.05. The summed E-state index contributed by atoms with van der Waals surface area (Å²) in [5.74, 6) is -1.87. The molecule has 0 aromatic rings. The van der Waals surface area contributed by atoms with Crippen LogP contribution in [0.5, 0.6) is 0 Å². The molecule has 0 spiro atoms. The Morgan fingerprint density at radius 2 is 1.86 bits per heavy atom. The summed E-state index contributed by atoms with van der Waals surface area (Å²) >= 11 is 0. The number of ether oxygens (including phenoxy) is 1. The molecule has 78 valence electrons. The van der Waals surface area contributed by atoms with Gasteiger partial charge in [0.2, 0.25) is 0 Å². The number of carboxylic acid groups (broad SMARTS) is 1. The number of carbonyl (C=O) groups excluding carboxylic acids is 2. The van der Waals surface area contributed by atoms with Gasteiger partial charge < -0.3 is 9.84 Å². The zero-order valence-corrected chi connectivity index (χ0v) is 7.69. The SMILES string of the molecule is C=CC(=O)CCOC(=O)CCC(=O)O. The van der Waals surface area contributed by atoms with Crippen molar-refractivity contribution in [1.29, 1.82) is 0 Å². The molecule has 0 radical (unpaired) electrons.